The number of halogens is 1. The number of aryl methyl sites for hydroxylation is 2. The largest absolute Gasteiger partial charge is 0.221 e. The van der Waals surface area contributed by atoms with Crippen LogP contribution < -0.4 is 0 Å². The van der Waals surface area contributed by atoms with Crippen molar-refractivity contribution in [2.24, 2.45) is 0 Å². The zero-order valence-corrected chi connectivity index (χ0v) is 18.5. The lowest BCUT2D eigenvalue weighted by atomic mass is 10.0. The average Bonchev–Trinajstić information content (AvgIpc) is 2.78. The van der Waals surface area contributed by atoms with Crippen LogP contribution >= 0.6 is 0 Å². The number of hydrogen-bond donors (Lipinski definition) is 0. The first-order valence-electron chi connectivity index (χ1n) is 11.6. The summed E-state index contributed by atoms with van der Waals surface area (Å²) < 4.78 is 14.8. The van der Waals surface area contributed by atoms with Gasteiger partial charge in [-0.3, -0.25) is 0 Å². The number of benzene rings is 2. The van der Waals surface area contributed by atoms with Gasteiger partial charge in [-0.25, -0.2) is 4.98 Å². The number of nitrogens with zero attached hydrogens (tertiary/aromatic N) is 1. The zero-order valence-electron chi connectivity index (χ0n) is 18.5. The summed E-state index contributed by atoms with van der Waals surface area (Å²) in [6.45, 7) is 4.44. The molecular weight excluding hydrogens is 369 g/mol. The van der Waals surface area contributed by atoms with Crippen molar-refractivity contribution in [3.8, 4) is 22.4 Å². The predicted octanol–water partition coefficient (Wildman–Crippen LogP) is 8.41. The van der Waals surface area contributed by atoms with E-state index in [2.05, 4.69) is 43.1 Å². The molecule has 3 aromatic rings. The zero-order chi connectivity index (χ0) is 21.2. The maximum Gasteiger partial charge on any atom is 0.221 e. The van der Waals surface area contributed by atoms with Crippen LogP contribution in [0.4, 0.5) is 4.39 Å². The molecular formula is C28H34FN. The van der Waals surface area contributed by atoms with Crippen LogP contribution in [0, 0.1) is 5.95 Å². The summed E-state index contributed by atoms with van der Waals surface area (Å²) in [5.74, 6) is -0.408. The molecule has 0 amide bonds. The molecule has 30 heavy (non-hydrogen) atoms. The van der Waals surface area contributed by atoms with Crippen molar-refractivity contribution in [2.45, 2.75) is 71.6 Å². The first-order valence-corrected chi connectivity index (χ1v) is 11.6. The van der Waals surface area contributed by atoms with Gasteiger partial charge in [0.1, 0.15) is 0 Å². The van der Waals surface area contributed by atoms with E-state index < -0.39 is 5.95 Å². The number of unbranched alkanes of at least 4 members (excludes halogenated alkanes) is 5. The Bertz CT molecular complexity index is 897. The van der Waals surface area contributed by atoms with Gasteiger partial charge >= 0.3 is 0 Å². The highest BCUT2D eigenvalue weighted by Gasteiger charge is 2.09. The molecule has 0 aliphatic rings. The van der Waals surface area contributed by atoms with E-state index in [1.807, 2.05) is 36.4 Å². The minimum absolute atomic E-state index is 0.408. The van der Waals surface area contributed by atoms with E-state index in [0.717, 1.165) is 24.0 Å². The molecule has 2 aromatic carbocycles. The molecule has 1 nitrogen and oxygen atoms in total. The summed E-state index contributed by atoms with van der Waals surface area (Å²) in [7, 11) is 0. The van der Waals surface area contributed by atoms with Gasteiger partial charge in [0.25, 0.3) is 0 Å². The van der Waals surface area contributed by atoms with Gasteiger partial charge in [-0.15, -0.1) is 0 Å². The lowest BCUT2D eigenvalue weighted by Gasteiger charge is -2.08. The highest BCUT2D eigenvalue weighted by atomic mass is 19.1. The van der Waals surface area contributed by atoms with E-state index in [4.69, 9.17) is 0 Å². The first kappa shape index (κ1) is 22.2. The van der Waals surface area contributed by atoms with Crippen LogP contribution in [0.1, 0.15) is 69.9 Å². The van der Waals surface area contributed by atoms with E-state index in [-0.39, 0.29) is 0 Å². The summed E-state index contributed by atoms with van der Waals surface area (Å²) in [6.07, 6.45) is 11.0. The molecule has 0 bridgehead atoms. The third kappa shape index (κ3) is 6.26. The summed E-state index contributed by atoms with van der Waals surface area (Å²) in [5.41, 5.74) is 5.73. The second-order valence-electron chi connectivity index (χ2n) is 8.20. The maximum atomic E-state index is 14.8. The van der Waals surface area contributed by atoms with Crippen LogP contribution in [-0.4, -0.2) is 4.98 Å². The Morgan fingerprint density at radius 2 is 1.17 bits per heavy atom. The van der Waals surface area contributed by atoms with Crippen molar-refractivity contribution < 1.29 is 4.39 Å². The number of pyridine rings is 1. The van der Waals surface area contributed by atoms with Crippen LogP contribution in [0.5, 0.6) is 0 Å². The highest BCUT2D eigenvalue weighted by Crippen LogP contribution is 2.26. The summed E-state index contributed by atoms with van der Waals surface area (Å²) in [4.78, 5) is 4.25. The molecule has 0 saturated carbocycles. The fourth-order valence-corrected chi connectivity index (χ4v) is 3.82. The predicted molar refractivity (Wildman–Crippen MR) is 126 cm³/mol. The number of rotatable bonds is 11. The molecule has 0 radical (unpaired) electrons. The van der Waals surface area contributed by atoms with E-state index >= 15 is 0 Å². The third-order valence-corrected chi connectivity index (χ3v) is 5.75. The normalized spacial score (nSPS) is 11.0. The second-order valence-corrected chi connectivity index (χ2v) is 8.20. The minimum Gasteiger partial charge on any atom is -0.219 e. The van der Waals surface area contributed by atoms with Gasteiger partial charge in [-0.2, -0.15) is 4.39 Å². The summed E-state index contributed by atoms with van der Waals surface area (Å²) >= 11 is 0. The number of hydrogen-bond acceptors (Lipinski definition) is 1. The molecule has 0 unspecified atom stereocenters. The van der Waals surface area contributed by atoms with Crippen molar-refractivity contribution in [3.05, 3.63) is 77.7 Å². The molecule has 158 valence electrons. The molecule has 0 saturated heterocycles. The monoisotopic (exact) mass is 403 g/mol. The third-order valence-electron chi connectivity index (χ3n) is 5.75. The molecule has 0 aliphatic carbocycles. The van der Waals surface area contributed by atoms with E-state index in [1.54, 1.807) is 0 Å². The van der Waals surface area contributed by atoms with Gasteiger partial charge in [-0.05, 0) is 54.5 Å². The van der Waals surface area contributed by atoms with E-state index in [0.29, 0.717) is 11.3 Å². The standard InChI is InChI=1S/C28H34FN/c1-3-5-7-8-9-11-23-12-16-24(17-13-23)26-20-21-27(30-28(26)29)25-18-14-22(15-19-25)10-6-4-2/h12-21H,3-11H2,1-2H3. The average molecular weight is 404 g/mol. The Balaban J connectivity index is 1.65. The Labute approximate surface area is 181 Å². The van der Waals surface area contributed by atoms with Crippen molar-refractivity contribution >= 4 is 0 Å². The topological polar surface area (TPSA) is 12.9 Å². The molecule has 3 rings (SSSR count). The Morgan fingerprint density at radius 3 is 1.77 bits per heavy atom. The Hall–Kier alpha value is -2.48. The quantitative estimate of drug-likeness (QED) is 0.231. The SMILES string of the molecule is CCCCCCCc1ccc(-c2ccc(-c3ccc(CCCC)cc3)nc2F)cc1. The van der Waals surface area contributed by atoms with E-state index in [9.17, 15) is 4.39 Å². The van der Waals surface area contributed by atoms with Crippen molar-refractivity contribution in [3.63, 3.8) is 0 Å². The Morgan fingerprint density at radius 1 is 0.600 bits per heavy atom. The molecule has 1 heterocycles. The minimum atomic E-state index is -0.408. The van der Waals surface area contributed by atoms with Crippen LogP contribution in [0.25, 0.3) is 22.4 Å². The smallest absolute Gasteiger partial charge is 0.219 e. The first-order chi connectivity index (χ1) is 14.7. The van der Waals surface area contributed by atoms with Crippen LogP contribution in [0.2, 0.25) is 0 Å². The molecule has 0 aliphatic heterocycles. The van der Waals surface area contributed by atoms with E-state index in [1.165, 1.54) is 56.1 Å². The van der Waals surface area contributed by atoms with Gasteiger partial charge in [-0.1, -0.05) is 94.5 Å². The molecule has 2 heteroatoms. The van der Waals surface area contributed by atoms with Gasteiger partial charge in [0, 0.05) is 11.1 Å². The van der Waals surface area contributed by atoms with Crippen molar-refractivity contribution in [2.75, 3.05) is 0 Å². The van der Waals surface area contributed by atoms with Gasteiger partial charge < -0.3 is 0 Å². The molecule has 1 aromatic heterocycles. The van der Waals surface area contributed by atoms with Gasteiger partial charge in [0.05, 0.1) is 5.69 Å². The summed E-state index contributed by atoms with van der Waals surface area (Å²) in [5, 5.41) is 0. The summed E-state index contributed by atoms with van der Waals surface area (Å²) in [6, 6.07) is 20.4. The number of aromatic nitrogens is 1. The highest BCUT2D eigenvalue weighted by molar-refractivity contribution is 5.67. The van der Waals surface area contributed by atoms with Gasteiger partial charge in [0.15, 0.2) is 0 Å². The fraction of sp³-hybridized carbons (Fsp3) is 0.393. The van der Waals surface area contributed by atoms with Crippen LogP contribution in [-0.2, 0) is 12.8 Å². The van der Waals surface area contributed by atoms with Crippen molar-refractivity contribution in [1.82, 2.24) is 4.98 Å². The van der Waals surface area contributed by atoms with Crippen LogP contribution in [0.15, 0.2) is 60.7 Å². The van der Waals surface area contributed by atoms with Crippen LogP contribution in [0.3, 0.4) is 0 Å². The lowest BCUT2D eigenvalue weighted by molar-refractivity contribution is 0.589. The maximum absolute atomic E-state index is 14.8. The lowest BCUT2D eigenvalue weighted by Crippen LogP contribution is -1.93. The molecule has 0 atom stereocenters. The van der Waals surface area contributed by atoms with Crippen molar-refractivity contribution in [1.29, 1.82) is 0 Å². The second kappa shape index (κ2) is 11.6. The molecule has 0 N–H and O–H groups in total. The van der Waals surface area contributed by atoms with Gasteiger partial charge in [0.2, 0.25) is 5.95 Å². The molecule has 0 spiro atoms. The molecule has 0 fully saturated rings. The Kier molecular flexibility index (Phi) is 8.62. The fourth-order valence-electron chi connectivity index (χ4n) is 3.82.